The molecule has 1 aliphatic heterocycles. The second kappa shape index (κ2) is 7.71. The fourth-order valence-electron chi connectivity index (χ4n) is 3.07. The van der Waals surface area contributed by atoms with Crippen LogP contribution >= 0.6 is 11.3 Å². The Morgan fingerprint density at radius 2 is 1.75 bits per heavy atom. The molecule has 2 heterocycles. The van der Waals surface area contributed by atoms with Gasteiger partial charge in [0.25, 0.3) is 0 Å². The summed E-state index contributed by atoms with van der Waals surface area (Å²) in [4.78, 5) is 18.1. The molecule has 2 aromatic rings. The first kappa shape index (κ1) is 16.8. The van der Waals surface area contributed by atoms with E-state index in [0.29, 0.717) is 5.92 Å². The second-order valence-electron chi connectivity index (χ2n) is 6.50. The van der Waals surface area contributed by atoms with Crippen LogP contribution in [0.2, 0.25) is 0 Å². The zero-order valence-electron chi connectivity index (χ0n) is 14.3. The lowest BCUT2D eigenvalue weighted by Crippen LogP contribution is -2.52. The van der Waals surface area contributed by atoms with E-state index in [4.69, 9.17) is 0 Å². The van der Waals surface area contributed by atoms with Crippen LogP contribution in [0.4, 0.5) is 10.5 Å². The van der Waals surface area contributed by atoms with Gasteiger partial charge < -0.3 is 15.1 Å². The number of nitrogens with one attached hydrogen (secondary N) is 1. The van der Waals surface area contributed by atoms with E-state index in [1.165, 1.54) is 10.6 Å². The Morgan fingerprint density at radius 3 is 2.33 bits per heavy atom. The van der Waals surface area contributed by atoms with Gasteiger partial charge in [-0.2, -0.15) is 0 Å². The lowest BCUT2D eigenvalue weighted by Gasteiger charge is -2.37. The van der Waals surface area contributed by atoms with Crippen molar-refractivity contribution in [1.82, 2.24) is 10.2 Å². The number of rotatable bonds is 4. The van der Waals surface area contributed by atoms with Gasteiger partial charge in [0.1, 0.15) is 0 Å². The molecule has 1 aromatic carbocycles. The molecule has 0 radical (unpaired) electrons. The molecule has 24 heavy (non-hydrogen) atoms. The standard InChI is InChI=1S/C19H25N3OS/c1-15(2)18(17-9-6-14-24-17)20-19(23)22-12-10-21(11-13-22)16-7-4-3-5-8-16/h3-9,14-15,18H,10-13H2,1-2H3,(H,20,23)/t18-/m0/s1. The van der Waals surface area contributed by atoms with E-state index in [1.54, 1.807) is 11.3 Å². The van der Waals surface area contributed by atoms with Crippen molar-refractivity contribution < 1.29 is 4.79 Å². The van der Waals surface area contributed by atoms with E-state index in [1.807, 2.05) is 17.0 Å². The van der Waals surface area contributed by atoms with Crippen molar-refractivity contribution in [3.63, 3.8) is 0 Å². The zero-order chi connectivity index (χ0) is 16.9. The molecular weight excluding hydrogens is 318 g/mol. The Hall–Kier alpha value is -2.01. The van der Waals surface area contributed by atoms with E-state index < -0.39 is 0 Å². The molecule has 0 spiro atoms. The maximum Gasteiger partial charge on any atom is 0.318 e. The maximum atomic E-state index is 12.7. The minimum Gasteiger partial charge on any atom is -0.368 e. The van der Waals surface area contributed by atoms with Crippen LogP contribution < -0.4 is 10.2 Å². The molecule has 1 N–H and O–H groups in total. The van der Waals surface area contributed by atoms with Gasteiger partial charge in [0.15, 0.2) is 0 Å². The number of urea groups is 1. The summed E-state index contributed by atoms with van der Waals surface area (Å²) >= 11 is 1.70. The number of thiophene rings is 1. The topological polar surface area (TPSA) is 35.6 Å². The number of hydrogen-bond acceptors (Lipinski definition) is 3. The summed E-state index contributed by atoms with van der Waals surface area (Å²) in [5, 5.41) is 5.29. The molecule has 1 atom stereocenters. The minimum absolute atomic E-state index is 0.0508. The summed E-state index contributed by atoms with van der Waals surface area (Å²) in [5.74, 6) is 0.373. The fourth-order valence-corrected chi connectivity index (χ4v) is 4.01. The fraction of sp³-hybridized carbons (Fsp3) is 0.421. The molecule has 0 bridgehead atoms. The number of anilines is 1. The Bertz CT molecular complexity index is 634. The van der Waals surface area contributed by atoms with Gasteiger partial charge >= 0.3 is 6.03 Å². The monoisotopic (exact) mass is 343 g/mol. The average molecular weight is 343 g/mol. The smallest absolute Gasteiger partial charge is 0.318 e. The summed E-state index contributed by atoms with van der Waals surface area (Å²) in [5.41, 5.74) is 1.23. The van der Waals surface area contributed by atoms with Crippen LogP contribution in [0.15, 0.2) is 47.8 Å². The zero-order valence-corrected chi connectivity index (χ0v) is 15.1. The molecule has 1 aromatic heterocycles. The summed E-state index contributed by atoms with van der Waals surface area (Å²) in [7, 11) is 0. The van der Waals surface area contributed by atoms with Crippen LogP contribution in [-0.4, -0.2) is 37.1 Å². The van der Waals surface area contributed by atoms with E-state index in [-0.39, 0.29) is 12.1 Å². The summed E-state index contributed by atoms with van der Waals surface area (Å²) in [6, 6.07) is 14.7. The first-order valence-electron chi connectivity index (χ1n) is 8.54. The van der Waals surface area contributed by atoms with Crippen molar-refractivity contribution in [2.75, 3.05) is 31.1 Å². The minimum atomic E-state index is 0.0508. The maximum absolute atomic E-state index is 12.7. The Morgan fingerprint density at radius 1 is 1.04 bits per heavy atom. The second-order valence-corrected chi connectivity index (χ2v) is 7.48. The normalized spacial score (nSPS) is 16.3. The molecule has 1 saturated heterocycles. The number of hydrogen-bond donors (Lipinski definition) is 1. The van der Waals surface area contributed by atoms with E-state index >= 15 is 0 Å². The van der Waals surface area contributed by atoms with Gasteiger partial charge in [-0.3, -0.25) is 0 Å². The van der Waals surface area contributed by atoms with Gasteiger partial charge in [0.2, 0.25) is 0 Å². The highest BCUT2D eigenvalue weighted by Gasteiger charge is 2.25. The van der Waals surface area contributed by atoms with Crippen LogP contribution in [0, 0.1) is 5.92 Å². The van der Waals surface area contributed by atoms with Crippen molar-refractivity contribution in [2.45, 2.75) is 19.9 Å². The molecule has 128 valence electrons. The van der Waals surface area contributed by atoms with Crippen molar-refractivity contribution in [3.05, 3.63) is 52.7 Å². The molecule has 0 unspecified atom stereocenters. The molecule has 2 amide bonds. The highest BCUT2D eigenvalue weighted by atomic mass is 32.1. The highest BCUT2D eigenvalue weighted by molar-refractivity contribution is 7.10. The third-order valence-corrected chi connectivity index (χ3v) is 5.44. The van der Waals surface area contributed by atoms with Crippen LogP contribution in [0.3, 0.4) is 0 Å². The van der Waals surface area contributed by atoms with Crippen molar-refractivity contribution >= 4 is 23.1 Å². The first-order chi connectivity index (χ1) is 11.6. The van der Waals surface area contributed by atoms with Gasteiger partial charge in [-0.15, -0.1) is 11.3 Å². The number of piperazine rings is 1. The van der Waals surface area contributed by atoms with E-state index in [2.05, 4.69) is 59.8 Å². The molecule has 1 aliphatic rings. The molecule has 0 saturated carbocycles. The van der Waals surface area contributed by atoms with Gasteiger partial charge in [-0.25, -0.2) is 4.79 Å². The number of carbonyl (C=O) groups excluding carboxylic acids is 1. The third kappa shape index (κ3) is 3.90. The van der Waals surface area contributed by atoms with Crippen LogP contribution in [0.5, 0.6) is 0 Å². The van der Waals surface area contributed by atoms with E-state index in [9.17, 15) is 4.79 Å². The third-order valence-electron chi connectivity index (χ3n) is 4.48. The molecule has 0 aliphatic carbocycles. The molecule has 4 nitrogen and oxygen atoms in total. The Labute approximate surface area is 148 Å². The van der Waals surface area contributed by atoms with Crippen molar-refractivity contribution in [3.8, 4) is 0 Å². The van der Waals surface area contributed by atoms with Crippen molar-refractivity contribution in [1.29, 1.82) is 0 Å². The SMILES string of the molecule is CC(C)[C@H](NC(=O)N1CCN(c2ccccc2)CC1)c1cccs1. The lowest BCUT2D eigenvalue weighted by molar-refractivity contribution is 0.187. The number of carbonyl (C=O) groups is 1. The first-order valence-corrected chi connectivity index (χ1v) is 9.42. The molecule has 1 fully saturated rings. The number of benzene rings is 1. The van der Waals surface area contributed by atoms with Crippen LogP contribution in [-0.2, 0) is 0 Å². The summed E-state index contributed by atoms with van der Waals surface area (Å²) in [6.07, 6.45) is 0. The van der Waals surface area contributed by atoms with Crippen LogP contribution in [0.1, 0.15) is 24.8 Å². The molecular formula is C19H25N3OS. The average Bonchev–Trinajstić information content (AvgIpc) is 3.14. The predicted molar refractivity (Wildman–Crippen MR) is 101 cm³/mol. The summed E-state index contributed by atoms with van der Waals surface area (Å²) < 4.78 is 0. The number of amides is 2. The Kier molecular flexibility index (Phi) is 5.41. The largest absolute Gasteiger partial charge is 0.368 e. The highest BCUT2D eigenvalue weighted by Crippen LogP contribution is 2.26. The van der Waals surface area contributed by atoms with Gasteiger partial charge in [-0.1, -0.05) is 38.1 Å². The number of nitrogens with zero attached hydrogens (tertiary/aromatic N) is 2. The van der Waals surface area contributed by atoms with Gasteiger partial charge in [-0.05, 0) is 29.5 Å². The van der Waals surface area contributed by atoms with E-state index in [0.717, 1.165) is 26.2 Å². The quantitative estimate of drug-likeness (QED) is 0.911. The summed E-state index contributed by atoms with van der Waals surface area (Å²) in [6.45, 7) is 7.58. The predicted octanol–water partition coefficient (Wildman–Crippen LogP) is 3.98. The lowest BCUT2D eigenvalue weighted by atomic mass is 10.0. The molecule has 5 heteroatoms. The van der Waals surface area contributed by atoms with Crippen LogP contribution in [0.25, 0.3) is 0 Å². The molecule has 3 rings (SSSR count). The van der Waals surface area contributed by atoms with Gasteiger partial charge in [0.05, 0.1) is 6.04 Å². The van der Waals surface area contributed by atoms with Gasteiger partial charge in [0, 0.05) is 36.7 Å². The van der Waals surface area contributed by atoms with Crippen molar-refractivity contribution in [2.24, 2.45) is 5.92 Å². The Balaban J connectivity index is 1.57. The number of para-hydroxylation sites is 1.